The molecular weight excluding hydrogens is 286 g/mol. The molecule has 1 atom stereocenters. The number of aromatic amines is 1. The second kappa shape index (κ2) is 6.08. The van der Waals surface area contributed by atoms with Gasteiger partial charge in [-0.3, -0.25) is 4.57 Å². The summed E-state index contributed by atoms with van der Waals surface area (Å²) in [6.07, 6.45) is 2.75. The van der Waals surface area contributed by atoms with Crippen molar-refractivity contribution in [3.8, 4) is 0 Å². The zero-order chi connectivity index (χ0) is 13.1. The summed E-state index contributed by atoms with van der Waals surface area (Å²) in [6, 6.07) is 2.21. The third-order valence-electron chi connectivity index (χ3n) is 2.85. The molecule has 98 valence electrons. The van der Waals surface area contributed by atoms with Crippen LogP contribution in [0.15, 0.2) is 12.3 Å². The molecule has 2 heterocycles. The predicted molar refractivity (Wildman–Crippen MR) is 82.3 cm³/mol. The summed E-state index contributed by atoms with van der Waals surface area (Å²) < 4.78 is 2.80. The summed E-state index contributed by atoms with van der Waals surface area (Å²) in [5, 5.41) is 0.625. The van der Waals surface area contributed by atoms with E-state index < -0.39 is 0 Å². The van der Waals surface area contributed by atoms with E-state index in [1.165, 1.54) is 0 Å². The topological polar surface area (TPSA) is 33.6 Å². The van der Waals surface area contributed by atoms with Crippen LogP contribution in [0.4, 0.5) is 0 Å². The van der Waals surface area contributed by atoms with Crippen molar-refractivity contribution in [1.82, 2.24) is 14.5 Å². The summed E-state index contributed by atoms with van der Waals surface area (Å²) in [6.45, 7) is 4.35. The van der Waals surface area contributed by atoms with E-state index in [-0.39, 0.29) is 0 Å². The third-order valence-corrected chi connectivity index (χ3v) is 4.28. The number of hydrogen-bond acceptors (Lipinski definition) is 3. The number of pyridine rings is 1. The van der Waals surface area contributed by atoms with Crippen molar-refractivity contribution in [3.63, 3.8) is 0 Å². The fourth-order valence-corrected chi connectivity index (χ4v) is 3.25. The molecule has 3 nitrogen and oxygen atoms in total. The van der Waals surface area contributed by atoms with Crippen molar-refractivity contribution >= 4 is 46.7 Å². The molecule has 0 aliphatic carbocycles. The Morgan fingerprint density at radius 3 is 3.11 bits per heavy atom. The number of nitrogens with zero attached hydrogens (tertiary/aromatic N) is 2. The Labute approximate surface area is 121 Å². The number of nitrogens with one attached hydrogen (secondary N) is 1. The summed E-state index contributed by atoms with van der Waals surface area (Å²) in [5.74, 6) is 2.29. The first-order valence-electron chi connectivity index (χ1n) is 5.97. The molecule has 0 spiro atoms. The number of halogens is 1. The lowest BCUT2D eigenvalue weighted by Crippen LogP contribution is -2.07. The second-order valence-corrected chi connectivity index (χ2v) is 6.38. The summed E-state index contributed by atoms with van der Waals surface area (Å²) in [7, 11) is 0. The van der Waals surface area contributed by atoms with Gasteiger partial charge in [0, 0.05) is 12.2 Å². The van der Waals surface area contributed by atoms with Gasteiger partial charge in [0.05, 0.1) is 10.5 Å². The number of imidazole rings is 1. The third kappa shape index (κ3) is 2.90. The zero-order valence-corrected chi connectivity index (χ0v) is 12.8. The largest absolute Gasteiger partial charge is 0.329 e. The average molecular weight is 302 g/mol. The van der Waals surface area contributed by atoms with E-state index in [1.54, 1.807) is 6.20 Å². The van der Waals surface area contributed by atoms with E-state index >= 15 is 0 Å². The van der Waals surface area contributed by atoms with Crippen LogP contribution in [0.2, 0.25) is 5.02 Å². The molecule has 0 saturated heterocycles. The standard InChI is InChI=1S/C12H16ClN3S2/c1-3-18-5-4-8(2)16-11-10(15-12(16)17)6-9(13)7-14-11/h6-8H,3-5H2,1-2H3,(H,15,17). The van der Waals surface area contributed by atoms with Gasteiger partial charge in [0.15, 0.2) is 10.4 Å². The number of H-pyrrole nitrogens is 1. The lowest BCUT2D eigenvalue weighted by molar-refractivity contribution is 0.539. The molecule has 0 saturated carbocycles. The number of rotatable bonds is 5. The van der Waals surface area contributed by atoms with E-state index in [1.807, 2.05) is 17.8 Å². The maximum atomic E-state index is 5.93. The lowest BCUT2D eigenvalue weighted by atomic mass is 10.2. The summed E-state index contributed by atoms with van der Waals surface area (Å²) in [4.78, 5) is 7.54. The predicted octanol–water partition coefficient (Wildman–Crippen LogP) is 4.45. The molecule has 2 aromatic heterocycles. The molecule has 1 unspecified atom stereocenters. The highest BCUT2D eigenvalue weighted by atomic mass is 35.5. The first-order chi connectivity index (χ1) is 8.63. The van der Waals surface area contributed by atoms with Gasteiger partial charge < -0.3 is 4.98 Å². The molecule has 1 N–H and O–H groups in total. The number of aromatic nitrogens is 3. The van der Waals surface area contributed by atoms with Gasteiger partial charge in [-0.15, -0.1) is 0 Å². The van der Waals surface area contributed by atoms with E-state index in [4.69, 9.17) is 23.8 Å². The molecule has 0 amide bonds. The highest BCUT2D eigenvalue weighted by Gasteiger charge is 2.12. The Morgan fingerprint density at radius 2 is 2.39 bits per heavy atom. The van der Waals surface area contributed by atoms with Crippen LogP contribution in [0.25, 0.3) is 11.2 Å². The van der Waals surface area contributed by atoms with Gasteiger partial charge in [0.2, 0.25) is 0 Å². The molecular formula is C12H16ClN3S2. The minimum atomic E-state index is 0.346. The van der Waals surface area contributed by atoms with E-state index in [0.717, 1.165) is 29.1 Å². The van der Waals surface area contributed by atoms with Gasteiger partial charge in [-0.2, -0.15) is 11.8 Å². The Bertz CT molecular complexity index is 591. The molecule has 0 aliphatic rings. The number of fused-ring (bicyclic) bond motifs is 1. The average Bonchev–Trinajstić information content (AvgIpc) is 2.64. The van der Waals surface area contributed by atoms with Gasteiger partial charge in [0.25, 0.3) is 0 Å². The van der Waals surface area contributed by atoms with E-state index in [0.29, 0.717) is 15.8 Å². The first-order valence-corrected chi connectivity index (χ1v) is 7.91. The molecule has 18 heavy (non-hydrogen) atoms. The van der Waals surface area contributed by atoms with E-state index in [9.17, 15) is 0 Å². The zero-order valence-electron chi connectivity index (χ0n) is 10.4. The highest BCUT2D eigenvalue weighted by molar-refractivity contribution is 7.99. The fourth-order valence-electron chi connectivity index (χ4n) is 1.92. The van der Waals surface area contributed by atoms with Crippen molar-refractivity contribution in [2.45, 2.75) is 26.3 Å². The minimum absolute atomic E-state index is 0.346. The summed E-state index contributed by atoms with van der Waals surface area (Å²) in [5.41, 5.74) is 1.79. The Hall–Kier alpha value is -0.520. The molecule has 0 bridgehead atoms. The van der Waals surface area contributed by atoms with Crippen LogP contribution in [0.5, 0.6) is 0 Å². The van der Waals surface area contributed by atoms with Crippen molar-refractivity contribution in [1.29, 1.82) is 0 Å². The van der Waals surface area contributed by atoms with E-state index in [2.05, 4.69) is 28.4 Å². The van der Waals surface area contributed by atoms with Crippen LogP contribution in [-0.2, 0) is 0 Å². The monoisotopic (exact) mass is 301 g/mol. The van der Waals surface area contributed by atoms with Crippen molar-refractivity contribution in [2.24, 2.45) is 0 Å². The molecule has 2 aromatic rings. The van der Waals surface area contributed by atoms with Crippen molar-refractivity contribution in [3.05, 3.63) is 22.1 Å². The van der Waals surface area contributed by atoms with Crippen molar-refractivity contribution < 1.29 is 0 Å². The second-order valence-electron chi connectivity index (χ2n) is 4.16. The van der Waals surface area contributed by atoms with Gasteiger partial charge in [-0.25, -0.2) is 4.98 Å². The van der Waals surface area contributed by atoms with Gasteiger partial charge >= 0.3 is 0 Å². The number of thioether (sulfide) groups is 1. The van der Waals surface area contributed by atoms with Crippen LogP contribution in [0.1, 0.15) is 26.3 Å². The molecule has 0 fully saturated rings. The minimum Gasteiger partial charge on any atom is -0.329 e. The van der Waals surface area contributed by atoms with Crippen LogP contribution in [-0.4, -0.2) is 26.0 Å². The Kier molecular flexibility index (Phi) is 4.70. The quantitative estimate of drug-likeness (QED) is 0.654. The van der Waals surface area contributed by atoms with Crippen LogP contribution in [0.3, 0.4) is 0 Å². The maximum absolute atomic E-state index is 5.93. The fraction of sp³-hybridized carbons (Fsp3) is 0.500. The normalized spacial score (nSPS) is 13.1. The summed E-state index contributed by atoms with van der Waals surface area (Å²) >= 11 is 13.3. The molecule has 0 aromatic carbocycles. The first kappa shape index (κ1) is 13.9. The van der Waals surface area contributed by atoms with Gasteiger partial charge in [0.1, 0.15) is 0 Å². The van der Waals surface area contributed by atoms with Crippen LogP contribution < -0.4 is 0 Å². The molecule has 0 aliphatic heterocycles. The molecule has 2 rings (SSSR count). The maximum Gasteiger partial charge on any atom is 0.179 e. The lowest BCUT2D eigenvalue weighted by Gasteiger charge is -2.13. The van der Waals surface area contributed by atoms with Crippen molar-refractivity contribution in [2.75, 3.05) is 11.5 Å². The Balaban J connectivity index is 2.32. The Morgan fingerprint density at radius 1 is 1.61 bits per heavy atom. The van der Waals surface area contributed by atoms with Gasteiger partial charge in [-0.05, 0) is 43.1 Å². The highest BCUT2D eigenvalue weighted by Crippen LogP contribution is 2.22. The van der Waals surface area contributed by atoms with Crippen LogP contribution in [0, 0.1) is 4.77 Å². The van der Waals surface area contributed by atoms with Crippen LogP contribution >= 0.6 is 35.6 Å². The smallest absolute Gasteiger partial charge is 0.179 e. The molecule has 0 radical (unpaired) electrons. The SMILES string of the molecule is CCSCCC(C)n1c(=S)[nH]c2cc(Cl)cnc21. The van der Waals surface area contributed by atoms with Gasteiger partial charge in [-0.1, -0.05) is 18.5 Å². The number of hydrogen-bond donors (Lipinski definition) is 1. The molecule has 6 heteroatoms.